The average molecular weight is 355 g/mol. The Kier molecular flexibility index (Phi) is 6.56. The third kappa shape index (κ3) is 5.05. The molecule has 0 bridgehead atoms. The average Bonchev–Trinajstić information content (AvgIpc) is 2.54. The summed E-state index contributed by atoms with van der Waals surface area (Å²) in [6.45, 7) is 2.15. The topological polar surface area (TPSA) is 44.8 Å². The highest BCUT2D eigenvalue weighted by Gasteiger charge is 2.11. The van der Waals surface area contributed by atoms with Crippen LogP contribution in [0, 0.1) is 0 Å². The van der Waals surface area contributed by atoms with Crippen molar-refractivity contribution in [1.29, 1.82) is 0 Å². The van der Waals surface area contributed by atoms with Gasteiger partial charge in [0, 0.05) is 15.6 Å². The molecule has 0 aliphatic rings. The normalized spacial score (nSPS) is 10.2. The van der Waals surface area contributed by atoms with E-state index in [1.165, 1.54) is 0 Å². The van der Waals surface area contributed by atoms with Crippen molar-refractivity contribution in [3.05, 3.63) is 58.1 Å². The van der Waals surface area contributed by atoms with E-state index in [0.717, 1.165) is 0 Å². The Morgan fingerprint density at radius 2 is 1.57 bits per heavy atom. The number of hydrogen-bond donors (Lipinski definition) is 0. The molecule has 0 N–H and O–H groups in total. The molecular formula is C17H16Cl2O4. The van der Waals surface area contributed by atoms with Gasteiger partial charge in [0.1, 0.15) is 6.61 Å². The first-order valence-corrected chi connectivity index (χ1v) is 7.80. The Hall–Kier alpha value is -1.91. The number of hydrogen-bond acceptors (Lipinski definition) is 4. The maximum absolute atomic E-state index is 11.8. The zero-order valence-electron chi connectivity index (χ0n) is 12.6. The lowest BCUT2D eigenvalue weighted by Gasteiger charge is -2.12. The molecule has 0 atom stereocenters. The summed E-state index contributed by atoms with van der Waals surface area (Å²) in [5.41, 5.74) is 0.568. The fourth-order valence-corrected chi connectivity index (χ4v) is 2.35. The first-order chi connectivity index (χ1) is 11.1. The van der Waals surface area contributed by atoms with E-state index in [0.29, 0.717) is 33.7 Å². The van der Waals surface area contributed by atoms with Gasteiger partial charge in [-0.15, -0.1) is 0 Å². The summed E-state index contributed by atoms with van der Waals surface area (Å²) >= 11 is 12.0. The molecule has 0 heterocycles. The standard InChI is InChI=1S/C17H16Cl2O4/c1-2-21-15-8-3-4-9-16(15)22-11-17(20)23-10-12-13(18)6-5-7-14(12)19/h3-9H,2,10-11H2,1H3. The highest BCUT2D eigenvalue weighted by Crippen LogP contribution is 2.27. The summed E-state index contributed by atoms with van der Waals surface area (Å²) in [7, 11) is 0. The van der Waals surface area contributed by atoms with Crippen LogP contribution in [0.3, 0.4) is 0 Å². The predicted octanol–water partition coefficient (Wildman–Crippen LogP) is 4.51. The van der Waals surface area contributed by atoms with Crippen LogP contribution < -0.4 is 9.47 Å². The van der Waals surface area contributed by atoms with Gasteiger partial charge in [-0.1, -0.05) is 41.4 Å². The fourth-order valence-electron chi connectivity index (χ4n) is 1.85. The summed E-state index contributed by atoms with van der Waals surface area (Å²) in [6.07, 6.45) is 0. The van der Waals surface area contributed by atoms with Gasteiger partial charge in [0.05, 0.1) is 6.61 Å². The van der Waals surface area contributed by atoms with Crippen LogP contribution in [0.25, 0.3) is 0 Å². The van der Waals surface area contributed by atoms with E-state index in [1.807, 2.05) is 13.0 Å². The molecule has 0 radical (unpaired) electrons. The fraction of sp³-hybridized carbons (Fsp3) is 0.235. The van der Waals surface area contributed by atoms with E-state index in [2.05, 4.69) is 0 Å². The molecule has 0 spiro atoms. The van der Waals surface area contributed by atoms with Crippen molar-refractivity contribution in [3.8, 4) is 11.5 Å². The molecule has 2 rings (SSSR count). The van der Waals surface area contributed by atoms with Crippen molar-refractivity contribution < 1.29 is 19.0 Å². The molecule has 6 heteroatoms. The van der Waals surface area contributed by atoms with Crippen LogP contribution in [0.15, 0.2) is 42.5 Å². The number of para-hydroxylation sites is 2. The largest absolute Gasteiger partial charge is 0.490 e. The molecule has 0 fully saturated rings. The minimum absolute atomic E-state index is 0.00614. The van der Waals surface area contributed by atoms with E-state index < -0.39 is 5.97 Å². The number of carbonyl (C=O) groups excluding carboxylic acids is 1. The van der Waals surface area contributed by atoms with E-state index in [9.17, 15) is 4.79 Å². The van der Waals surface area contributed by atoms with E-state index in [-0.39, 0.29) is 13.2 Å². The third-order valence-electron chi connectivity index (χ3n) is 2.93. The summed E-state index contributed by atoms with van der Waals surface area (Å²) in [5, 5.41) is 0.904. The highest BCUT2D eigenvalue weighted by atomic mass is 35.5. The number of rotatable bonds is 7. The van der Waals surface area contributed by atoms with Gasteiger partial charge in [-0.3, -0.25) is 0 Å². The van der Waals surface area contributed by atoms with Crippen LogP contribution >= 0.6 is 23.2 Å². The number of halogens is 2. The molecule has 0 unspecified atom stereocenters. The number of esters is 1. The van der Waals surface area contributed by atoms with Crippen LogP contribution in [0.2, 0.25) is 10.0 Å². The van der Waals surface area contributed by atoms with Crippen molar-refractivity contribution in [1.82, 2.24) is 0 Å². The molecule has 23 heavy (non-hydrogen) atoms. The Morgan fingerprint density at radius 1 is 0.957 bits per heavy atom. The Labute approximate surface area is 144 Å². The van der Waals surface area contributed by atoms with Gasteiger partial charge in [-0.25, -0.2) is 4.79 Å². The van der Waals surface area contributed by atoms with Crippen molar-refractivity contribution in [2.45, 2.75) is 13.5 Å². The van der Waals surface area contributed by atoms with E-state index >= 15 is 0 Å². The first-order valence-electron chi connectivity index (χ1n) is 7.05. The van der Waals surface area contributed by atoms with Crippen LogP contribution in [-0.2, 0) is 16.1 Å². The summed E-state index contributed by atoms with van der Waals surface area (Å²) in [5.74, 6) is 0.548. The maximum atomic E-state index is 11.8. The summed E-state index contributed by atoms with van der Waals surface area (Å²) in [6, 6.07) is 12.2. The molecule has 4 nitrogen and oxygen atoms in total. The second-order valence-electron chi connectivity index (χ2n) is 4.53. The second kappa shape index (κ2) is 8.65. The van der Waals surface area contributed by atoms with Crippen LogP contribution in [0.4, 0.5) is 0 Å². The lowest BCUT2D eigenvalue weighted by Crippen LogP contribution is -2.15. The van der Waals surface area contributed by atoms with Gasteiger partial charge in [-0.2, -0.15) is 0 Å². The van der Waals surface area contributed by atoms with Gasteiger partial charge in [0.2, 0.25) is 0 Å². The number of benzene rings is 2. The van der Waals surface area contributed by atoms with Crippen LogP contribution in [0.1, 0.15) is 12.5 Å². The van der Waals surface area contributed by atoms with Crippen LogP contribution in [0.5, 0.6) is 11.5 Å². The minimum atomic E-state index is -0.521. The lowest BCUT2D eigenvalue weighted by atomic mass is 10.2. The predicted molar refractivity (Wildman–Crippen MR) is 89.4 cm³/mol. The SMILES string of the molecule is CCOc1ccccc1OCC(=O)OCc1c(Cl)cccc1Cl. The van der Waals surface area contributed by atoms with E-state index in [4.69, 9.17) is 37.4 Å². The minimum Gasteiger partial charge on any atom is -0.490 e. The molecule has 122 valence electrons. The van der Waals surface area contributed by atoms with Crippen molar-refractivity contribution in [2.24, 2.45) is 0 Å². The summed E-state index contributed by atoms with van der Waals surface area (Å²) < 4.78 is 16.0. The zero-order valence-corrected chi connectivity index (χ0v) is 14.1. The number of ether oxygens (including phenoxy) is 3. The van der Waals surface area contributed by atoms with Gasteiger partial charge < -0.3 is 14.2 Å². The molecule has 2 aromatic rings. The van der Waals surface area contributed by atoms with Gasteiger partial charge in [0.25, 0.3) is 0 Å². The second-order valence-corrected chi connectivity index (χ2v) is 5.34. The Morgan fingerprint density at radius 3 is 2.17 bits per heavy atom. The molecule has 0 amide bonds. The van der Waals surface area contributed by atoms with Crippen molar-refractivity contribution in [2.75, 3.05) is 13.2 Å². The summed E-state index contributed by atoms with van der Waals surface area (Å²) in [4.78, 5) is 11.8. The van der Waals surface area contributed by atoms with Crippen molar-refractivity contribution >= 4 is 29.2 Å². The van der Waals surface area contributed by atoms with E-state index in [1.54, 1.807) is 36.4 Å². The highest BCUT2D eigenvalue weighted by molar-refractivity contribution is 6.35. The molecular weight excluding hydrogens is 339 g/mol. The molecule has 0 aliphatic carbocycles. The number of carbonyl (C=O) groups is 1. The molecule has 0 aliphatic heterocycles. The monoisotopic (exact) mass is 354 g/mol. The molecule has 0 aromatic heterocycles. The Bertz CT molecular complexity index is 653. The lowest BCUT2D eigenvalue weighted by molar-refractivity contribution is -0.147. The van der Waals surface area contributed by atoms with Crippen LogP contribution in [-0.4, -0.2) is 19.2 Å². The third-order valence-corrected chi connectivity index (χ3v) is 3.64. The van der Waals surface area contributed by atoms with Crippen molar-refractivity contribution in [3.63, 3.8) is 0 Å². The zero-order chi connectivity index (χ0) is 16.7. The smallest absolute Gasteiger partial charge is 0.344 e. The maximum Gasteiger partial charge on any atom is 0.344 e. The molecule has 0 saturated heterocycles. The first kappa shape index (κ1) is 17.4. The molecule has 2 aromatic carbocycles. The molecule has 0 saturated carbocycles. The van der Waals surface area contributed by atoms with Gasteiger partial charge >= 0.3 is 5.97 Å². The quantitative estimate of drug-likeness (QED) is 0.686. The van der Waals surface area contributed by atoms with Gasteiger partial charge in [0.15, 0.2) is 18.1 Å². The Balaban J connectivity index is 1.89. The van der Waals surface area contributed by atoms with Gasteiger partial charge in [-0.05, 0) is 31.2 Å².